The Morgan fingerprint density at radius 3 is 1.21 bits per heavy atom. The van der Waals surface area contributed by atoms with Gasteiger partial charge in [-0.1, -0.05) is 90.2 Å². The molecule has 0 N–H and O–H groups in total. The molecule has 0 aliphatic rings. The van der Waals surface area contributed by atoms with Gasteiger partial charge in [0, 0.05) is 0 Å². The molecule has 0 amide bonds. The average molecular weight is 508 g/mol. The first-order chi connectivity index (χ1) is 13.1. The fraction of sp³-hybridized carbons (Fsp3) is 0.923. The average Bonchev–Trinajstić information content (AvgIpc) is 2.65. The van der Waals surface area contributed by atoms with Crippen LogP contribution in [-0.4, -0.2) is 31.7 Å². The van der Waals surface area contributed by atoms with Gasteiger partial charge in [0.05, 0.1) is 27.2 Å². The van der Waals surface area contributed by atoms with Crippen LogP contribution in [0.5, 0.6) is 0 Å². The van der Waals surface area contributed by atoms with Gasteiger partial charge in [-0.2, -0.15) is 0 Å². The lowest BCUT2D eigenvalue weighted by molar-refractivity contribution is -0.890. The monoisotopic (exact) mass is 507 g/mol. The van der Waals surface area contributed by atoms with E-state index in [-0.39, 0.29) is 24.0 Å². The van der Waals surface area contributed by atoms with E-state index in [0.717, 1.165) is 0 Å². The van der Waals surface area contributed by atoms with Gasteiger partial charge in [-0.3, -0.25) is 0 Å². The summed E-state index contributed by atoms with van der Waals surface area (Å²) in [4.78, 5) is 0. The van der Waals surface area contributed by atoms with Crippen LogP contribution in [0.1, 0.15) is 129 Å². The highest BCUT2D eigenvalue weighted by molar-refractivity contribution is 4.81. The minimum Gasteiger partial charge on any atom is -1.00 e. The molecular formula is C26H54IN. The predicted octanol–water partition coefficient (Wildman–Crippen LogP) is 5.68. The van der Waals surface area contributed by atoms with Crippen LogP contribution in [0.15, 0.2) is 12.2 Å². The molecule has 0 saturated carbocycles. The maximum absolute atomic E-state index is 2.44. The van der Waals surface area contributed by atoms with E-state index < -0.39 is 0 Å². The quantitative estimate of drug-likeness (QED) is 0.0811. The van der Waals surface area contributed by atoms with Crippen LogP contribution in [0, 0.1) is 0 Å². The van der Waals surface area contributed by atoms with Gasteiger partial charge in [-0.25, -0.2) is 0 Å². The van der Waals surface area contributed by atoms with Crippen LogP contribution in [0.4, 0.5) is 0 Å². The molecule has 0 aromatic rings. The molecule has 0 aromatic carbocycles. The number of allylic oxidation sites excluding steroid dienone is 2. The Balaban J connectivity index is 0. The Bertz CT molecular complexity index is 312. The first-order valence-electron chi connectivity index (χ1n) is 12.6. The molecule has 0 aliphatic heterocycles. The van der Waals surface area contributed by atoms with E-state index in [1.54, 1.807) is 0 Å². The summed E-state index contributed by atoms with van der Waals surface area (Å²) in [5, 5.41) is 0. The molecule has 28 heavy (non-hydrogen) atoms. The molecule has 170 valence electrons. The third kappa shape index (κ3) is 24.5. The van der Waals surface area contributed by atoms with Gasteiger partial charge in [0.1, 0.15) is 0 Å². The zero-order valence-corrected chi connectivity index (χ0v) is 22.3. The van der Waals surface area contributed by atoms with Gasteiger partial charge in [-0.15, -0.1) is 0 Å². The second-order valence-electron chi connectivity index (χ2n) is 9.38. The Morgan fingerprint density at radius 2 is 0.786 bits per heavy atom. The summed E-state index contributed by atoms with van der Waals surface area (Å²) in [6.07, 6.45) is 30.1. The largest absolute Gasteiger partial charge is 1.00 e. The lowest BCUT2D eigenvalue weighted by Crippen LogP contribution is -3.00. The number of hydrogen-bond acceptors (Lipinski definition) is 0. The third-order valence-electron chi connectivity index (χ3n) is 5.89. The summed E-state index contributed by atoms with van der Waals surface area (Å²) >= 11 is 0. The molecule has 0 aromatic heterocycles. The topological polar surface area (TPSA) is 0 Å². The molecule has 1 nitrogen and oxygen atoms in total. The molecule has 0 atom stereocenters. The molecule has 0 rings (SSSR count). The molecule has 0 bridgehead atoms. The van der Waals surface area contributed by atoms with Crippen molar-refractivity contribution < 1.29 is 28.5 Å². The summed E-state index contributed by atoms with van der Waals surface area (Å²) in [6.45, 7) is 7.32. The fourth-order valence-corrected chi connectivity index (χ4v) is 3.87. The third-order valence-corrected chi connectivity index (χ3v) is 5.89. The summed E-state index contributed by atoms with van der Waals surface area (Å²) in [7, 11) is 4.84. The van der Waals surface area contributed by atoms with E-state index >= 15 is 0 Å². The minimum absolute atomic E-state index is 0. The van der Waals surface area contributed by atoms with Gasteiger partial charge in [0.15, 0.2) is 0 Å². The zero-order valence-electron chi connectivity index (χ0n) is 20.1. The van der Waals surface area contributed by atoms with Crippen molar-refractivity contribution in [3.63, 3.8) is 0 Å². The SMILES string of the molecule is CCCCCCCCC=CCCCCCCCC[N+](C)(C)CCCCCC.[I-]. The van der Waals surface area contributed by atoms with E-state index in [2.05, 4.69) is 40.1 Å². The lowest BCUT2D eigenvalue weighted by atomic mass is 10.1. The van der Waals surface area contributed by atoms with Crippen LogP contribution < -0.4 is 24.0 Å². The first kappa shape index (κ1) is 30.6. The van der Waals surface area contributed by atoms with Gasteiger partial charge in [0.2, 0.25) is 0 Å². The molecule has 0 spiro atoms. The smallest absolute Gasteiger partial charge is 0.0782 e. The van der Waals surface area contributed by atoms with Crippen LogP contribution >= 0.6 is 0 Å². The second kappa shape index (κ2) is 23.7. The van der Waals surface area contributed by atoms with Gasteiger partial charge < -0.3 is 28.5 Å². The molecule has 0 unspecified atom stereocenters. The Kier molecular flexibility index (Phi) is 25.9. The summed E-state index contributed by atoms with van der Waals surface area (Å²) in [5.41, 5.74) is 0. The highest BCUT2D eigenvalue weighted by atomic mass is 127. The van der Waals surface area contributed by atoms with Crippen LogP contribution in [-0.2, 0) is 0 Å². The van der Waals surface area contributed by atoms with E-state index in [0.29, 0.717) is 0 Å². The standard InChI is InChI=1S/C26H54N.HI/c1-5-7-9-11-12-13-14-15-16-17-18-19-20-21-22-24-26-27(3,4)25-23-10-8-6-2;/h15-16H,5-14,17-26H2,1-4H3;1H/q+1;/p-1. The van der Waals surface area contributed by atoms with Crippen molar-refractivity contribution in [2.24, 2.45) is 0 Å². The van der Waals surface area contributed by atoms with Crippen molar-refractivity contribution in [1.82, 2.24) is 0 Å². The van der Waals surface area contributed by atoms with E-state index in [1.807, 2.05) is 0 Å². The molecular weight excluding hydrogens is 453 g/mol. The van der Waals surface area contributed by atoms with Gasteiger partial charge in [-0.05, 0) is 51.4 Å². The number of quaternary nitrogens is 1. The Hall–Kier alpha value is 0.430. The number of rotatable bonds is 21. The fourth-order valence-electron chi connectivity index (χ4n) is 3.87. The molecule has 0 aliphatic carbocycles. The van der Waals surface area contributed by atoms with Crippen LogP contribution in [0.25, 0.3) is 0 Å². The Labute approximate surface area is 196 Å². The van der Waals surface area contributed by atoms with Crippen molar-refractivity contribution in [3.8, 4) is 0 Å². The van der Waals surface area contributed by atoms with Crippen molar-refractivity contribution in [1.29, 1.82) is 0 Å². The maximum atomic E-state index is 2.44. The number of nitrogens with zero attached hydrogens (tertiary/aromatic N) is 1. The second-order valence-corrected chi connectivity index (χ2v) is 9.38. The first-order valence-corrected chi connectivity index (χ1v) is 12.6. The predicted molar refractivity (Wildman–Crippen MR) is 125 cm³/mol. The van der Waals surface area contributed by atoms with Gasteiger partial charge in [0.25, 0.3) is 0 Å². The highest BCUT2D eigenvalue weighted by Gasteiger charge is 2.13. The zero-order chi connectivity index (χ0) is 20.1. The maximum Gasteiger partial charge on any atom is 0.0782 e. The van der Waals surface area contributed by atoms with Crippen LogP contribution in [0.2, 0.25) is 0 Å². The van der Waals surface area contributed by atoms with Crippen molar-refractivity contribution in [3.05, 3.63) is 12.2 Å². The minimum atomic E-state index is 0. The van der Waals surface area contributed by atoms with Crippen molar-refractivity contribution in [2.45, 2.75) is 129 Å². The Morgan fingerprint density at radius 1 is 0.464 bits per heavy atom. The lowest BCUT2D eigenvalue weighted by Gasteiger charge is -2.30. The molecule has 0 radical (unpaired) electrons. The van der Waals surface area contributed by atoms with E-state index in [1.165, 1.54) is 133 Å². The summed E-state index contributed by atoms with van der Waals surface area (Å²) in [6, 6.07) is 0. The van der Waals surface area contributed by atoms with Crippen LogP contribution in [0.3, 0.4) is 0 Å². The molecule has 0 heterocycles. The molecule has 0 saturated heterocycles. The van der Waals surface area contributed by atoms with E-state index in [4.69, 9.17) is 0 Å². The van der Waals surface area contributed by atoms with Crippen molar-refractivity contribution >= 4 is 0 Å². The number of hydrogen-bond donors (Lipinski definition) is 0. The number of halogens is 1. The summed E-state index contributed by atoms with van der Waals surface area (Å²) in [5.74, 6) is 0. The van der Waals surface area contributed by atoms with E-state index in [9.17, 15) is 0 Å². The summed E-state index contributed by atoms with van der Waals surface area (Å²) < 4.78 is 1.23. The number of unbranched alkanes of at least 4 members (excludes halogenated alkanes) is 15. The molecule has 0 fully saturated rings. The highest BCUT2D eigenvalue weighted by Crippen LogP contribution is 2.12. The normalized spacial score (nSPS) is 11.9. The molecule has 2 heteroatoms. The van der Waals surface area contributed by atoms with Gasteiger partial charge >= 0.3 is 0 Å². The van der Waals surface area contributed by atoms with Crippen molar-refractivity contribution in [2.75, 3.05) is 27.2 Å².